The zero-order valence-electron chi connectivity index (χ0n) is 14.4. The van der Waals surface area contributed by atoms with Gasteiger partial charge in [0.15, 0.2) is 6.04 Å². The number of benzene rings is 1. The van der Waals surface area contributed by atoms with Gasteiger partial charge in [-0.1, -0.05) is 17.3 Å². The van der Waals surface area contributed by atoms with Gasteiger partial charge in [0.1, 0.15) is 11.6 Å². The van der Waals surface area contributed by atoms with Crippen LogP contribution in [0.4, 0.5) is 4.39 Å². The maximum atomic E-state index is 13.3. The Morgan fingerprint density at radius 3 is 2.52 bits per heavy atom. The number of carbonyl (C=O) groups is 1. The first-order valence-corrected chi connectivity index (χ1v) is 7.77. The fraction of sp³-hybridized carbons (Fsp3) is 0.412. The van der Waals surface area contributed by atoms with Crippen LogP contribution in [0.15, 0.2) is 45.8 Å². The third-order valence-electron chi connectivity index (χ3n) is 4.30. The highest BCUT2D eigenvalue weighted by molar-refractivity contribution is 6.04. The van der Waals surface area contributed by atoms with Crippen molar-refractivity contribution in [3.05, 3.63) is 51.9 Å². The topological polar surface area (TPSA) is 97.3 Å². The number of ether oxygens (including phenoxy) is 1. The predicted molar refractivity (Wildman–Crippen MR) is 92.6 cm³/mol. The highest BCUT2D eigenvalue weighted by Gasteiger charge is 2.44. The molecule has 0 fully saturated rings. The molecular weight excluding hydrogens is 327 g/mol. The lowest BCUT2D eigenvalue weighted by Gasteiger charge is -2.37. The summed E-state index contributed by atoms with van der Waals surface area (Å²) in [5.41, 5.74) is 7.93. The molecule has 1 aliphatic heterocycles. The van der Waals surface area contributed by atoms with Crippen molar-refractivity contribution in [2.45, 2.75) is 18.9 Å². The average Bonchev–Trinajstić information content (AvgIpc) is 2.61. The summed E-state index contributed by atoms with van der Waals surface area (Å²) >= 11 is 0. The molecule has 1 aromatic rings. The summed E-state index contributed by atoms with van der Waals surface area (Å²) in [6.07, 6.45) is 0. The van der Waals surface area contributed by atoms with E-state index in [-0.39, 0.29) is 19.0 Å². The fourth-order valence-corrected chi connectivity index (χ4v) is 2.95. The third-order valence-corrected chi connectivity index (χ3v) is 4.30. The minimum absolute atomic E-state index is 0.198. The van der Waals surface area contributed by atoms with E-state index in [1.165, 1.54) is 36.3 Å². The second-order valence-electron chi connectivity index (χ2n) is 5.67. The van der Waals surface area contributed by atoms with Gasteiger partial charge in [-0.05, 0) is 24.6 Å². The first-order valence-electron chi connectivity index (χ1n) is 7.77. The first kappa shape index (κ1) is 18.7. The Morgan fingerprint density at radius 2 is 2.00 bits per heavy atom. The van der Waals surface area contributed by atoms with Crippen molar-refractivity contribution >= 4 is 11.6 Å². The minimum Gasteiger partial charge on any atom is -0.385 e. The number of hydrogen-bond donors (Lipinski definition) is 1. The van der Waals surface area contributed by atoms with E-state index >= 15 is 0 Å². The normalized spacial score (nSPS) is 21.7. The Balaban J connectivity index is 2.64. The molecule has 2 rings (SSSR count). The van der Waals surface area contributed by atoms with Gasteiger partial charge in [0.2, 0.25) is 0 Å². The SMILES string of the molecule is C/N=C(/C)C1=C(N)N(CCOC)C(=O)[C@@H](N=O)[C@H]1c1ccc(F)cc1. The molecule has 2 N–H and O–H groups in total. The highest BCUT2D eigenvalue weighted by Crippen LogP contribution is 2.37. The van der Waals surface area contributed by atoms with E-state index in [0.29, 0.717) is 16.8 Å². The van der Waals surface area contributed by atoms with Crippen LogP contribution in [-0.2, 0) is 9.53 Å². The second kappa shape index (κ2) is 7.98. The number of hydrogen-bond acceptors (Lipinski definition) is 6. The number of nitroso groups, excluding NO2 is 1. The van der Waals surface area contributed by atoms with Gasteiger partial charge in [-0.2, -0.15) is 0 Å². The molecular formula is C17H21FN4O3. The van der Waals surface area contributed by atoms with Crippen molar-refractivity contribution in [1.82, 2.24) is 4.90 Å². The zero-order chi connectivity index (χ0) is 18.6. The fourth-order valence-electron chi connectivity index (χ4n) is 2.95. The smallest absolute Gasteiger partial charge is 0.257 e. The molecule has 134 valence electrons. The predicted octanol–water partition coefficient (Wildman–Crippen LogP) is 1.79. The van der Waals surface area contributed by atoms with E-state index in [2.05, 4.69) is 10.2 Å². The van der Waals surface area contributed by atoms with Crippen molar-refractivity contribution in [2.75, 3.05) is 27.3 Å². The molecule has 0 saturated carbocycles. The van der Waals surface area contributed by atoms with Crippen molar-refractivity contribution in [2.24, 2.45) is 15.9 Å². The Morgan fingerprint density at radius 1 is 1.36 bits per heavy atom. The molecule has 1 aliphatic rings. The molecule has 0 spiro atoms. The number of carbonyl (C=O) groups excluding carboxylic acids is 1. The van der Waals surface area contributed by atoms with Gasteiger partial charge in [0.25, 0.3) is 5.91 Å². The van der Waals surface area contributed by atoms with E-state index in [1.54, 1.807) is 14.0 Å². The Hall–Kier alpha value is -2.61. The highest BCUT2D eigenvalue weighted by atomic mass is 19.1. The molecule has 2 atom stereocenters. The Labute approximate surface area is 145 Å². The van der Waals surface area contributed by atoms with Crippen molar-refractivity contribution in [3.63, 3.8) is 0 Å². The summed E-state index contributed by atoms with van der Waals surface area (Å²) in [6, 6.07) is 4.37. The lowest BCUT2D eigenvalue weighted by Crippen LogP contribution is -2.50. The molecule has 0 saturated heterocycles. The van der Waals surface area contributed by atoms with Crippen LogP contribution in [0.1, 0.15) is 18.4 Å². The molecule has 1 heterocycles. The molecule has 0 aromatic heterocycles. The van der Waals surface area contributed by atoms with Crippen LogP contribution < -0.4 is 5.73 Å². The molecule has 0 radical (unpaired) electrons. The van der Waals surface area contributed by atoms with E-state index in [0.717, 1.165) is 0 Å². The molecule has 7 nitrogen and oxygen atoms in total. The quantitative estimate of drug-likeness (QED) is 0.626. The first-order chi connectivity index (χ1) is 12.0. The Bertz CT molecular complexity index is 715. The number of methoxy groups -OCH3 is 1. The van der Waals surface area contributed by atoms with E-state index in [9.17, 15) is 14.1 Å². The van der Waals surface area contributed by atoms with E-state index in [1.807, 2.05) is 0 Å². The van der Waals surface area contributed by atoms with Crippen LogP contribution in [0.3, 0.4) is 0 Å². The van der Waals surface area contributed by atoms with Gasteiger partial charge in [-0.25, -0.2) is 4.39 Å². The largest absolute Gasteiger partial charge is 0.385 e. The standard InChI is InChI=1S/C17H21FN4O3/c1-10(20-2)13-14(11-4-6-12(18)7-5-11)15(21-24)17(23)22(16(13)19)8-9-25-3/h4-7,14-15H,8-9,19H2,1-3H3/b20-10-/t14-,15-/m0/s1. The second-order valence-corrected chi connectivity index (χ2v) is 5.67. The third kappa shape index (κ3) is 3.58. The summed E-state index contributed by atoms with van der Waals surface area (Å²) < 4.78 is 18.3. The number of halogens is 1. The lowest BCUT2D eigenvalue weighted by atomic mass is 9.80. The van der Waals surface area contributed by atoms with E-state index < -0.39 is 23.7 Å². The summed E-state index contributed by atoms with van der Waals surface area (Å²) in [4.78, 5) is 29.7. The number of nitrogens with zero attached hydrogens (tertiary/aromatic N) is 3. The average molecular weight is 348 g/mol. The molecule has 0 unspecified atom stereocenters. The number of aliphatic imine (C=N–C) groups is 1. The van der Waals surface area contributed by atoms with Crippen LogP contribution in [0.2, 0.25) is 0 Å². The maximum absolute atomic E-state index is 13.3. The van der Waals surface area contributed by atoms with Crippen molar-refractivity contribution < 1.29 is 13.9 Å². The van der Waals surface area contributed by atoms with Crippen LogP contribution in [0, 0.1) is 10.7 Å². The van der Waals surface area contributed by atoms with Crippen LogP contribution in [0.25, 0.3) is 0 Å². The zero-order valence-corrected chi connectivity index (χ0v) is 14.4. The van der Waals surface area contributed by atoms with Crippen LogP contribution in [-0.4, -0.2) is 49.9 Å². The molecule has 8 heteroatoms. The summed E-state index contributed by atoms with van der Waals surface area (Å²) in [7, 11) is 3.10. The summed E-state index contributed by atoms with van der Waals surface area (Å²) in [6.45, 7) is 2.20. The van der Waals surface area contributed by atoms with Crippen LogP contribution >= 0.6 is 0 Å². The maximum Gasteiger partial charge on any atom is 0.257 e. The summed E-state index contributed by atoms with van der Waals surface area (Å²) in [5.74, 6) is -1.43. The molecule has 0 aliphatic carbocycles. The van der Waals surface area contributed by atoms with Gasteiger partial charge in [-0.3, -0.25) is 14.7 Å². The van der Waals surface area contributed by atoms with Crippen LogP contribution in [0.5, 0.6) is 0 Å². The molecule has 25 heavy (non-hydrogen) atoms. The number of nitrogens with two attached hydrogens (primary N) is 1. The molecule has 0 bridgehead atoms. The van der Waals surface area contributed by atoms with Gasteiger partial charge in [0.05, 0.1) is 13.2 Å². The Kier molecular flexibility index (Phi) is 5.97. The number of rotatable bonds is 6. The van der Waals surface area contributed by atoms with Gasteiger partial charge in [-0.15, -0.1) is 4.91 Å². The molecule has 1 amide bonds. The van der Waals surface area contributed by atoms with Crippen molar-refractivity contribution in [3.8, 4) is 0 Å². The number of amides is 1. The monoisotopic (exact) mass is 348 g/mol. The van der Waals surface area contributed by atoms with E-state index in [4.69, 9.17) is 10.5 Å². The van der Waals surface area contributed by atoms with Crippen molar-refractivity contribution in [1.29, 1.82) is 0 Å². The van der Waals surface area contributed by atoms with Gasteiger partial charge in [0, 0.05) is 31.4 Å². The minimum atomic E-state index is -1.21. The lowest BCUT2D eigenvalue weighted by molar-refractivity contribution is -0.132. The molecule has 1 aromatic carbocycles. The van der Waals surface area contributed by atoms with Gasteiger partial charge >= 0.3 is 0 Å². The van der Waals surface area contributed by atoms with Gasteiger partial charge < -0.3 is 10.5 Å². The summed E-state index contributed by atoms with van der Waals surface area (Å²) in [5, 5.41) is 3.05.